The first-order valence-electron chi connectivity index (χ1n) is 10.3. The molecular formula is C23H23F3N4O6. The lowest BCUT2D eigenvalue weighted by Gasteiger charge is -2.19. The van der Waals surface area contributed by atoms with Gasteiger partial charge in [-0.3, -0.25) is 19.8 Å². The zero-order valence-electron chi connectivity index (χ0n) is 19.2. The van der Waals surface area contributed by atoms with Gasteiger partial charge in [-0.2, -0.15) is 13.2 Å². The van der Waals surface area contributed by atoms with Crippen molar-refractivity contribution in [2.45, 2.75) is 18.6 Å². The van der Waals surface area contributed by atoms with Crippen LogP contribution in [0.25, 0.3) is 0 Å². The monoisotopic (exact) mass is 508 g/mol. The Labute approximate surface area is 203 Å². The van der Waals surface area contributed by atoms with Gasteiger partial charge in [0.05, 0.1) is 12.5 Å². The minimum absolute atomic E-state index is 0.0913. The fourth-order valence-electron chi connectivity index (χ4n) is 2.80. The normalized spacial score (nSPS) is 11.7. The average molecular weight is 508 g/mol. The van der Waals surface area contributed by atoms with Crippen molar-refractivity contribution in [3.05, 3.63) is 65.2 Å². The van der Waals surface area contributed by atoms with Gasteiger partial charge in [0.25, 0.3) is 11.8 Å². The van der Waals surface area contributed by atoms with E-state index in [0.717, 1.165) is 0 Å². The summed E-state index contributed by atoms with van der Waals surface area (Å²) >= 11 is 0. The highest BCUT2D eigenvalue weighted by atomic mass is 19.4. The van der Waals surface area contributed by atoms with Gasteiger partial charge >= 0.3 is 18.1 Å². The number of nitrogens with two attached hydrogens (primary N) is 1. The van der Waals surface area contributed by atoms with Crippen LogP contribution in [-0.2, 0) is 14.3 Å². The second kappa shape index (κ2) is 11.8. The molecule has 192 valence electrons. The van der Waals surface area contributed by atoms with Crippen LogP contribution in [-0.4, -0.2) is 67.4 Å². The van der Waals surface area contributed by atoms with E-state index >= 15 is 0 Å². The van der Waals surface area contributed by atoms with E-state index in [1.54, 1.807) is 20.2 Å². The molecule has 2 rings (SSSR count). The lowest BCUT2D eigenvalue weighted by atomic mass is 10.1. The number of alkyl halides is 3. The third-order valence-corrected chi connectivity index (χ3v) is 4.58. The minimum atomic E-state index is -5.37. The van der Waals surface area contributed by atoms with E-state index in [0.29, 0.717) is 11.1 Å². The molecule has 4 N–H and O–H groups in total. The molecule has 2 aromatic rings. The highest BCUT2D eigenvalue weighted by Gasteiger charge is 2.42. The van der Waals surface area contributed by atoms with Crippen LogP contribution in [0.2, 0.25) is 0 Å². The molecule has 0 aromatic heterocycles. The third kappa shape index (κ3) is 8.11. The summed E-state index contributed by atoms with van der Waals surface area (Å²) in [7, 11) is 3.12. The summed E-state index contributed by atoms with van der Waals surface area (Å²) in [6.45, 7) is -0.403. The number of hydrogen-bond acceptors (Lipinski definition) is 7. The topological polar surface area (TPSA) is 152 Å². The van der Waals surface area contributed by atoms with Crippen molar-refractivity contribution >= 4 is 29.6 Å². The quantitative estimate of drug-likeness (QED) is 0.202. The number of nitrogens with zero attached hydrogens (tertiary/aromatic N) is 1. The Kier molecular flexibility index (Phi) is 9.13. The molecule has 0 aliphatic carbocycles. The predicted octanol–water partition coefficient (Wildman–Crippen LogP) is 1.87. The van der Waals surface area contributed by atoms with E-state index in [1.807, 2.05) is 0 Å². The van der Waals surface area contributed by atoms with Gasteiger partial charge in [-0.25, -0.2) is 4.79 Å². The van der Waals surface area contributed by atoms with E-state index in [1.165, 1.54) is 47.4 Å². The van der Waals surface area contributed by atoms with E-state index < -0.39 is 43.1 Å². The predicted molar refractivity (Wildman–Crippen MR) is 120 cm³/mol. The van der Waals surface area contributed by atoms with Gasteiger partial charge in [-0.1, -0.05) is 12.1 Å². The highest BCUT2D eigenvalue weighted by molar-refractivity contribution is 5.98. The Bertz CT molecular complexity index is 1150. The maximum atomic E-state index is 12.7. The fourth-order valence-corrected chi connectivity index (χ4v) is 2.80. The molecule has 0 unspecified atom stereocenters. The lowest BCUT2D eigenvalue weighted by molar-refractivity contribution is -0.202. The number of nitrogen functional groups attached to an aromatic ring is 1. The van der Waals surface area contributed by atoms with Gasteiger partial charge in [0.15, 0.2) is 0 Å². The average Bonchev–Trinajstić information content (AvgIpc) is 2.81. The smallest absolute Gasteiger partial charge is 0.491 e. The summed E-state index contributed by atoms with van der Waals surface area (Å²) < 4.78 is 46.6. The second-order valence-corrected chi connectivity index (χ2v) is 7.66. The van der Waals surface area contributed by atoms with Crippen LogP contribution in [0, 0.1) is 5.41 Å². The van der Waals surface area contributed by atoms with Gasteiger partial charge < -0.3 is 25.4 Å². The van der Waals surface area contributed by atoms with Crippen LogP contribution in [0.15, 0.2) is 48.5 Å². The summed E-state index contributed by atoms with van der Waals surface area (Å²) in [4.78, 5) is 48.9. The zero-order valence-corrected chi connectivity index (χ0v) is 19.2. The lowest BCUT2D eigenvalue weighted by Crippen LogP contribution is -2.41. The van der Waals surface area contributed by atoms with E-state index in [4.69, 9.17) is 15.9 Å². The fraction of sp³-hybridized carbons (Fsp3) is 0.261. The Hall–Kier alpha value is -4.42. The molecule has 0 aliphatic heterocycles. The first kappa shape index (κ1) is 27.8. The number of benzene rings is 2. The van der Waals surface area contributed by atoms with Crippen molar-refractivity contribution in [2.24, 2.45) is 5.73 Å². The summed E-state index contributed by atoms with van der Waals surface area (Å²) in [5, 5.41) is 9.90. The van der Waals surface area contributed by atoms with Gasteiger partial charge in [0.1, 0.15) is 18.2 Å². The Morgan fingerprint density at radius 2 is 1.64 bits per heavy atom. The van der Waals surface area contributed by atoms with Crippen molar-refractivity contribution in [1.82, 2.24) is 10.2 Å². The Morgan fingerprint density at radius 1 is 1.03 bits per heavy atom. The Morgan fingerprint density at radius 3 is 2.19 bits per heavy atom. The molecule has 1 atom stereocenters. The maximum Gasteiger partial charge on any atom is 0.491 e. The van der Waals surface area contributed by atoms with Crippen LogP contribution in [0.5, 0.6) is 5.75 Å². The molecule has 0 aliphatic rings. The van der Waals surface area contributed by atoms with Crippen molar-refractivity contribution in [2.75, 3.05) is 20.7 Å². The summed E-state index contributed by atoms with van der Waals surface area (Å²) in [5.41, 5.74) is 6.16. The molecule has 2 amide bonds. The molecule has 10 nitrogen and oxygen atoms in total. The molecule has 0 radical (unpaired) electrons. The van der Waals surface area contributed by atoms with Crippen LogP contribution >= 0.6 is 0 Å². The van der Waals surface area contributed by atoms with Crippen LogP contribution in [0.4, 0.5) is 13.2 Å². The number of nitrogens with one attached hydrogen (secondary N) is 2. The molecule has 2 aromatic carbocycles. The third-order valence-electron chi connectivity index (χ3n) is 4.58. The molecule has 0 saturated carbocycles. The molecule has 0 fully saturated rings. The van der Waals surface area contributed by atoms with Crippen molar-refractivity contribution in [3.8, 4) is 5.75 Å². The minimum Gasteiger partial charge on any atom is -0.491 e. The molecule has 0 saturated heterocycles. The van der Waals surface area contributed by atoms with Crippen LogP contribution in [0.3, 0.4) is 0 Å². The largest absolute Gasteiger partial charge is 0.491 e. The van der Waals surface area contributed by atoms with Crippen molar-refractivity contribution in [1.29, 1.82) is 5.41 Å². The Balaban J connectivity index is 2.16. The van der Waals surface area contributed by atoms with Crippen LogP contribution in [0.1, 0.15) is 32.7 Å². The first-order chi connectivity index (χ1) is 16.8. The molecule has 13 heteroatoms. The number of amides is 2. The molecule has 36 heavy (non-hydrogen) atoms. The molecule has 0 heterocycles. The van der Waals surface area contributed by atoms with Gasteiger partial charge in [-0.15, -0.1) is 0 Å². The number of ether oxygens (including phenoxy) is 2. The number of halogens is 3. The van der Waals surface area contributed by atoms with Crippen molar-refractivity contribution in [3.63, 3.8) is 0 Å². The van der Waals surface area contributed by atoms with Crippen LogP contribution < -0.4 is 15.8 Å². The van der Waals surface area contributed by atoms with Gasteiger partial charge in [0, 0.05) is 30.8 Å². The number of amidine groups is 1. The number of carbonyl (C=O) groups is 4. The number of hydrogen-bond donors (Lipinski definition) is 3. The molecular weight excluding hydrogens is 485 g/mol. The number of rotatable bonds is 9. The number of carbonyl (C=O) groups excluding carboxylic acids is 4. The summed E-state index contributed by atoms with van der Waals surface area (Å²) in [6.07, 6.45) is -6.19. The SMILES string of the molecule is CN(C)C(=O)c1ccc(C(=O)N[C@@H](COc2cccc(C(=N)N)c2)CC(=O)OC(=O)C(F)(F)F)cc1. The summed E-state index contributed by atoms with van der Waals surface area (Å²) in [6, 6.07) is 10.3. The van der Waals surface area contributed by atoms with E-state index in [9.17, 15) is 32.3 Å². The second-order valence-electron chi connectivity index (χ2n) is 7.66. The first-order valence-corrected chi connectivity index (χ1v) is 10.3. The van der Waals surface area contributed by atoms with Gasteiger partial charge in [0.2, 0.25) is 0 Å². The zero-order chi connectivity index (χ0) is 27.0. The molecule has 0 spiro atoms. The summed E-state index contributed by atoms with van der Waals surface area (Å²) in [5.74, 6) is -5.27. The number of esters is 2. The van der Waals surface area contributed by atoms with E-state index in [2.05, 4.69) is 10.1 Å². The van der Waals surface area contributed by atoms with Gasteiger partial charge in [-0.05, 0) is 36.4 Å². The van der Waals surface area contributed by atoms with Crippen molar-refractivity contribution < 1.29 is 41.8 Å². The standard InChI is InChI=1S/C23H23F3N4O6/c1-30(2)21(33)14-8-6-13(7-9-14)20(32)29-16(11-18(31)36-22(34)23(24,25)26)12-35-17-5-3-4-15(10-17)19(27)28/h3-10,16H,11-12H2,1-2H3,(H3,27,28)(H,29,32)/t16-/m1/s1. The maximum absolute atomic E-state index is 12.7. The highest BCUT2D eigenvalue weighted by Crippen LogP contribution is 2.18. The molecule has 0 bridgehead atoms. The van der Waals surface area contributed by atoms with E-state index in [-0.39, 0.29) is 23.1 Å².